The van der Waals surface area contributed by atoms with E-state index in [2.05, 4.69) is 0 Å². The van der Waals surface area contributed by atoms with Crippen LogP contribution in [0.2, 0.25) is 0 Å². The largest absolute Gasteiger partial charge is 0.475 e. The lowest BCUT2D eigenvalue weighted by molar-refractivity contribution is 0.0663. The Balaban J connectivity index is 2.73. The molecule has 1 aromatic rings. The van der Waals surface area contributed by atoms with Crippen molar-refractivity contribution in [3.05, 3.63) is 17.9 Å². The van der Waals surface area contributed by atoms with Gasteiger partial charge in [-0.2, -0.15) is 5.26 Å². The monoisotopic (exact) mass is 238 g/mol. The van der Waals surface area contributed by atoms with Gasteiger partial charge in [-0.1, -0.05) is 0 Å². The summed E-state index contributed by atoms with van der Waals surface area (Å²) in [5.41, 5.74) is 0. The Kier molecular flexibility index (Phi) is 5.04. The average molecular weight is 238 g/mol. The fraction of sp³-hybridized carbons (Fsp3) is 0.455. The third-order valence-electron chi connectivity index (χ3n) is 2.17. The van der Waals surface area contributed by atoms with E-state index in [0.717, 1.165) is 0 Å². The van der Waals surface area contributed by atoms with Crippen molar-refractivity contribution in [1.82, 2.24) is 0 Å². The van der Waals surface area contributed by atoms with E-state index in [9.17, 15) is 4.79 Å². The first kappa shape index (κ1) is 13.1. The average Bonchev–Trinajstić information content (AvgIpc) is 2.79. The van der Waals surface area contributed by atoms with Gasteiger partial charge in [0.2, 0.25) is 5.76 Å². The fourth-order valence-corrected chi connectivity index (χ4v) is 1.33. The fourth-order valence-electron chi connectivity index (χ4n) is 1.33. The molecule has 0 fully saturated rings. The highest BCUT2D eigenvalue weighted by Gasteiger charge is 2.14. The number of nitriles is 1. The number of methoxy groups -OCH3 is 1. The molecule has 6 heteroatoms. The lowest BCUT2D eigenvalue weighted by Gasteiger charge is -2.19. The third-order valence-corrected chi connectivity index (χ3v) is 2.17. The zero-order chi connectivity index (χ0) is 12.7. The number of hydrogen-bond donors (Lipinski definition) is 1. The summed E-state index contributed by atoms with van der Waals surface area (Å²) in [5.74, 6) is -0.780. The van der Waals surface area contributed by atoms with Gasteiger partial charge < -0.3 is 19.2 Å². The van der Waals surface area contributed by atoms with Crippen LogP contribution in [-0.4, -0.2) is 37.9 Å². The highest BCUT2D eigenvalue weighted by Crippen LogP contribution is 2.18. The molecule has 92 valence electrons. The van der Waals surface area contributed by atoms with Crippen LogP contribution >= 0.6 is 0 Å². The van der Waals surface area contributed by atoms with Crippen molar-refractivity contribution in [1.29, 1.82) is 5.26 Å². The van der Waals surface area contributed by atoms with Crippen LogP contribution in [0.15, 0.2) is 16.5 Å². The zero-order valence-corrected chi connectivity index (χ0v) is 9.55. The molecule has 0 bridgehead atoms. The Hall–Kier alpha value is -2.00. The molecule has 0 saturated carbocycles. The minimum atomic E-state index is -1.11. The van der Waals surface area contributed by atoms with Crippen LogP contribution in [0.25, 0.3) is 0 Å². The number of nitrogens with zero attached hydrogens (tertiary/aromatic N) is 2. The first-order chi connectivity index (χ1) is 8.19. The van der Waals surface area contributed by atoms with E-state index in [1.54, 1.807) is 18.1 Å². The van der Waals surface area contributed by atoms with Gasteiger partial charge >= 0.3 is 5.97 Å². The molecule has 0 radical (unpaired) electrons. The van der Waals surface area contributed by atoms with Crippen molar-refractivity contribution >= 4 is 11.9 Å². The van der Waals surface area contributed by atoms with Crippen molar-refractivity contribution in [3.63, 3.8) is 0 Å². The maximum absolute atomic E-state index is 10.7. The molecule has 1 aromatic heterocycles. The summed E-state index contributed by atoms with van der Waals surface area (Å²) in [7, 11) is 1.58. The second-order valence-electron chi connectivity index (χ2n) is 3.33. The summed E-state index contributed by atoms with van der Waals surface area (Å²) in [6, 6.07) is 5.01. The lowest BCUT2D eigenvalue weighted by Crippen LogP contribution is -2.27. The van der Waals surface area contributed by atoms with Crippen molar-refractivity contribution < 1.29 is 19.1 Å². The van der Waals surface area contributed by atoms with Gasteiger partial charge in [-0.25, -0.2) is 4.79 Å². The number of carboxylic acid groups (broad SMARTS) is 1. The molecule has 1 N–H and O–H groups in total. The van der Waals surface area contributed by atoms with Crippen LogP contribution in [0.5, 0.6) is 0 Å². The number of furan rings is 1. The van der Waals surface area contributed by atoms with Crippen LogP contribution in [0, 0.1) is 11.3 Å². The van der Waals surface area contributed by atoms with Crippen LogP contribution in [0.3, 0.4) is 0 Å². The van der Waals surface area contributed by atoms with Crippen LogP contribution in [0.4, 0.5) is 5.88 Å². The number of anilines is 1. The molecule has 6 nitrogen and oxygen atoms in total. The number of hydrogen-bond acceptors (Lipinski definition) is 5. The van der Waals surface area contributed by atoms with E-state index in [4.69, 9.17) is 19.5 Å². The molecule has 0 aromatic carbocycles. The predicted octanol–water partition coefficient (Wildman–Crippen LogP) is 1.34. The van der Waals surface area contributed by atoms with E-state index in [1.165, 1.54) is 6.07 Å². The third kappa shape index (κ3) is 3.81. The molecule has 17 heavy (non-hydrogen) atoms. The Labute approximate surface area is 99.0 Å². The number of carbonyl (C=O) groups is 1. The topological polar surface area (TPSA) is 86.7 Å². The summed E-state index contributed by atoms with van der Waals surface area (Å²) in [6.07, 6.45) is 0.340. The maximum atomic E-state index is 10.7. The Bertz CT molecular complexity index is 408. The van der Waals surface area contributed by atoms with Crippen LogP contribution in [-0.2, 0) is 4.74 Å². The van der Waals surface area contributed by atoms with E-state index in [0.29, 0.717) is 32.0 Å². The quantitative estimate of drug-likeness (QED) is 0.771. The second-order valence-corrected chi connectivity index (χ2v) is 3.33. The standard InChI is InChI=1S/C11H14N2O4/c1-16-8-7-13(6-2-5-12)10-4-3-9(17-10)11(14)15/h3-4H,2,6-8H2,1H3,(H,14,15). The Morgan fingerprint density at radius 3 is 2.88 bits per heavy atom. The van der Waals surface area contributed by atoms with Gasteiger partial charge in [0.15, 0.2) is 5.88 Å². The van der Waals surface area contributed by atoms with Gasteiger partial charge in [-0.05, 0) is 6.07 Å². The Morgan fingerprint density at radius 2 is 2.35 bits per heavy atom. The molecule has 0 amide bonds. The molecule has 0 saturated heterocycles. The molecule has 0 aliphatic carbocycles. The molecule has 0 atom stereocenters. The van der Waals surface area contributed by atoms with Gasteiger partial charge in [0.05, 0.1) is 19.1 Å². The van der Waals surface area contributed by atoms with E-state index < -0.39 is 5.97 Å². The van der Waals surface area contributed by atoms with Gasteiger partial charge in [-0.3, -0.25) is 0 Å². The summed E-state index contributed by atoms with van der Waals surface area (Å²) in [6.45, 7) is 1.51. The molecular formula is C11H14N2O4. The van der Waals surface area contributed by atoms with Crippen molar-refractivity contribution in [2.24, 2.45) is 0 Å². The van der Waals surface area contributed by atoms with Crippen molar-refractivity contribution in [3.8, 4) is 6.07 Å². The Morgan fingerprint density at radius 1 is 1.59 bits per heavy atom. The molecule has 1 heterocycles. The predicted molar refractivity (Wildman–Crippen MR) is 60.0 cm³/mol. The molecule has 0 spiro atoms. The summed E-state index contributed by atoms with van der Waals surface area (Å²) in [5, 5.41) is 17.3. The minimum Gasteiger partial charge on any atom is -0.475 e. The molecule has 0 aliphatic heterocycles. The summed E-state index contributed by atoms with van der Waals surface area (Å²) in [4.78, 5) is 12.5. The maximum Gasteiger partial charge on any atom is 0.371 e. The van der Waals surface area contributed by atoms with E-state index in [1.807, 2.05) is 6.07 Å². The van der Waals surface area contributed by atoms with Crippen molar-refractivity contribution in [2.75, 3.05) is 31.7 Å². The number of carboxylic acids is 1. The lowest BCUT2D eigenvalue weighted by atomic mass is 10.4. The van der Waals surface area contributed by atoms with Crippen molar-refractivity contribution in [2.45, 2.75) is 6.42 Å². The van der Waals surface area contributed by atoms with Crippen LogP contribution < -0.4 is 4.90 Å². The number of ether oxygens (including phenoxy) is 1. The summed E-state index contributed by atoms with van der Waals surface area (Å²) >= 11 is 0. The van der Waals surface area contributed by atoms with Gasteiger partial charge in [0.1, 0.15) is 0 Å². The molecule has 1 rings (SSSR count). The highest BCUT2D eigenvalue weighted by molar-refractivity contribution is 5.84. The molecular weight excluding hydrogens is 224 g/mol. The van der Waals surface area contributed by atoms with E-state index in [-0.39, 0.29) is 5.76 Å². The van der Waals surface area contributed by atoms with Gasteiger partial charge in [0.25, 0.3) is 0 Å². The van der Waals surface area contributed by atoms with Gasteiger partial charge in [-0.15, -0.1) is 0 Å². The number of rotatable bonds is 7. The normalized spacial score (nSPS) is 9.88. The van der Waals surface area contributed by atoms with Gasteiger partial charge in [0, 0.05) is 26.3 Å². The smallest absolute Gasteiger partial charge is 0.371 e. The zero-order valence-electron chi connectivity index (χ0n) is 9.55. The highest BCUT2D eigenvalue weighted by atomic mass is 16.5. The molecule has 0 unspecified atom stereocenters. The first-order valence-corrected chi connectivity index (χ1v) is 5.13. The SMILES string of the molecule is COCCN(CCC#N)c1ccc(C(=O)O)o1. The van der Waals surface area contributed by atoms with E-state index >= 15 is 0 Å². The minimum absolute atomic E-state index is 0.112. The number of aromatic carboxylic acids is 1. The molecule has 0 aliphatic rings. The summed E-state index contributed by atoms with van der Waals surface area (Å²) < 4.78 is 10.1. The first-order valence-electron chi connectivity index (χ1n) is 5.13. The van der Waals surface area contributed by atoms with Crippen LogP contribution in [0.1, 0.15) is 17.0 Å². The second kappa shape index (κ2) is 6.55.